The lowest BCUT2D eigenvalue weighted by Crippen LogP contribution is -2.43. The second-order valence-corrected chi connectivity index (χ2v) is 6.47. The van der Waals surface area contributed by atoms with E-state index in [0.717, 1.165) is 0 Å². The number of Topliss-reactive ketones (excluding diaryl/α,β-unsaturated/α-hetero) is 1. The standard InChI is InChI=1S/C16H17NO4/c1-15(2)7-11(18)13(12(19)8-15)16(21)9-5-3-4-6-10(9)17-14(16)20/h3-6,18,21H,7-8H2,1-2H3,(H,17,20). The molecule has 2 aliphatic rings. The third kappa shape index (κ3) is 1.88. The smallest absolute Gasteiger partial charge is 0.266 e. The zero-order valence-corrected chi connectivity index (χ0v) is 11.9. The van der Waals surface area contributed by atoms with Gasteiger partial charge in [0.1, 0.15) is 5.76 Å². The highest BCUT2D eigenvalue weighted by molar-refractivity contribution is 6.14. The minimum absolute atomic E-state index is 0.185. The van der Waals surface area contributed by atoms with E-state index in [9.17, 15) is 19.8 Å². The van der Waals surface area contributed by atoms with Crippen LogP contribution in [-0.2, 0) is 15.2 Å². The van der Waals surface area contributed by atoms with E-state index in [-0.39, 0.29) is 29.6 Å². The van der Waals surface area contributed by atoms with Crippen LogP contribution in [0.15, 0.2) is 35.6 Å². The van der Waals surface area contributed by atoms with E-state index in [1.807, 2.05) is 13.8 Å². The highest BCUT2D eigenvalue weighted by Gasteiger charge is 2.54. The Balaban J connectivity index is 2.20. The molecule has 1 aromatic carbocycles. The molecule has 1 unspecified atom stereocenters. The molecule has 0 spiro atoms. The molecule has 5 nitrogen and oxygen atoms in total. The number of hydrogen-bond donors (Lipinski definition) is 3. The summed E-state index contributed by atoms with van der Waals surface area (Å²) in [5.41, 5.74) is -1.90. The molecule has 21 heavy (non-hydrogen) atoms. The maximum atomic E-state index is 12.4. The van der Waals surface area contributed by atoms with E-state index in [2.05, 4.69) is 5.32 Å². The predicted octanol–water partition coefficient (Wildman–Crippen LogP) is 2.03. The number of carbonyl (C=O) groups is 2. The third-order valence-corrected chi connectivity index (χ3v) is 4.11. The minimum Gasteiger partial charge on any atom is -0.512 e. The summed E-state index contributed by atoms with van der Waals surface area (Å²) in [7, 11) is 0. The molecule has 3 rings (SSSR count). The summed E-state index contributed by atoms with van der Waals surface area (Å²) >= 11 is 0. The number of ketones is 1. The summed E-state index contributed by atoms with van der Waals surface area (Å²) in [6.07, 6.45) is 0.440. The largest absolute Gasteiger partial charge is 0.512 e. The number of allylic oxidation sites excluding steroid dienone is 1. The number of hydrogen-bond acceptors (Lipinski definition) is 4. The Labute approximate surface area is 122 Å². The maximum Gasteiger partial charge on any atom is 0.266 e. The quantitative estimate of drug-likeness (QED) is 0.737. The Bertz CT molecular complexity index is 689. The summed E-state index contributed by atoms with van der Waals surface area (Å²) in [5, 5.41) is 23.7. The minimum atomic E-state index is -2.10. The molecule has 0 aromatic heterocycles. The Morgan fingerprint density at radius 3 is 2.48 bits per heavy atom. The number of aliphatic hydroxyl groups is 2. The van der Waals surface area contributed by atoms with Crippen molar-refractivity contribution in [2.45, 2.75) is 32.3 Å². The molecular weight excluding hydrogens is 270 g/mol. The lowest BCUT2D eigenvalue weighted by Gasteiger charge is -2.34. The molecule has 1 aliphatic heterocycles. The van der Waals surface area contributed by atoms with Gasteiger partial charge in [0.15, 0.2) is 5.78 Å². The summed E-state index contributed by atoms with van der Waals surface area (Å²) < 4.78 is 0. The molecule has 110 valence electrons. The Hall–Kier alpha value is -2.14. The normalized spacial score (nSPS) is 27.6. The van der Waals surface area contributed by atoms with Crippen LogP contribution in [0.25, 0.3) is 0 Å². The van der Waals surface area contributed by atoms with E-state index in [1.54, 1.807) is 24.3 Å². The molecule has 1 aliphatic carbocycles. The van der Waals surface area contributed by atoms with E-state index >= 15 is 0 Å². The Morgan fingerprint density at radius 1 is 1.14 bits per heavy atom. The van der Waals surface area contributed by atoms with Gasteiger partial charge in [-0.15, -0.1) is 0 Å². The van der Waals surface area contributed by atoms with Crippen molar-refractivity contribution in [1.82, 2.24) is 0 Å². The maximum absolute atomic E-state index is 12.4. The van der Waals surface area contributed by atoms with Crippen molar-refractivity contribution in [3.63, 3.8) is 0 Å². The summed E-state index contributed by atoms with van der Waals surface area (Å²) in [6.45, 7) is 3.73. The first kappa shape index (κ1) is 13.8. The first-order chi connectivity index (χ1) is 9.75. The van der Waals surface area contributed by atoms with Gasteiger partial charge in [-0.1, -0.05) is 32.0 Å². The summed E-state index contributed by atoms with van der Waals surface area (Å²) in [6, 6.07) is 6.64. The van der Waals surface area contributed by atoms with Crippen LogP contribution in [-0.4, -0.2) is 21.9 Å². The predicted molar refractivity (Wildman–Crippen MR) is 76.6 cm³/mol. The monoisotopic (exact) mass is 287 g/mol. The van der Waals surface area contributed by atoms with Gasteiger partial charge in [-0.05, 0) is 11.5 Å². The number of anilines is 1. The average molecular weight is 287 g/mol. The fourth-order valence-electron chi connectivity index (χ4n) is 3.19. The number of benzene rings is 1. The molecule has 0 fully saturated rings. The van der Waals surface area contributed by atoms with Crippen LogP contribution in [0.1, 0.15) is 32.3 Å². The van der Waals surface area contributed by atoms with Crippen molar-refractivity contribution in [3.8, 4) is 0 Å². The fourth-order valence-corrected chi connectivity index (χ4v) is 3.19. The number of nitrogens with one attached hydrogen (secondary N) is 1. The molecule has 3 N–H and O–H groups in total. The molecular formula is C16H17NO4. The van der Waals surface area contributed by atoms with Gasteiger partial charge in [0.05, 0.1) is 5.57 Å². The Kier molecular flexibility index (Phi) is 2.75. The van der Waals surface area contributed by atoms with Crippen LogP contribution < -0.4 is 5.32 Å². The van der Waals surface area contributed by atoms with Crippen molar-refractivity contribution in [1.29, 1.82) is 0 Å². The number of amides is 1. The number of para-hydroxylation sites is 1. The van der Waals surface area contributed by atoms with Crippen molar-refractivity contribution < 1.29 is 19.8 Å². The van der Waals surface area contributed by atoms with Crippen molar-refractivity contribution in [2.24, 2.45) is 5.41 Å². The van der Waals surface area contributed by atoms with Gasteiger partial charge in [-0.2, -0.15) is 0 Å². The lowest BCUT2D eigenvalue weighted by molar-refractivity contribution is -0.135. The van der Waals surface area contributed by atoms with Crippen LogP contribution in [0.3, 0.4) is 0 Å². The van der Waals surface area contributed by atoms with Crippen LogP contribution in [0.2, 0.25) is 0 Å². The molecule has 0 bridgehead atoms. The number of fused-ring (bicyclic) bond motifs is 1. The van der Waals surface area contributed by atoms with Gasteiger partial charge < -0.3 is 15.5 Å². The second-order valence-electron chi connectivity index (χ2n) is 6.47. The van der Waals surface area contributed by atoms with Gasteiger partial charge in [0.2, 0.25) is 5.60 Å². The van der Waals surface area contributed by atoms with Gasteiger partial charge in [-0.3, -0.25) is 9.59 Å². The molecule has 5 heteroatoms. The van der Waals surface area contributed by atoms with E-state index in [1.165, 1.54) is 0 Å². The molecule has 1 atom stereocenters. The van der Waals surface area contributed by atoms with Gasteiger partial charge in [0, 0.05) is 24.1 Å². The zero-order chi connectivity index (χ0) is 15.4. The first-order valence-corrected chi connectivity index (χ1v) is 6.85. The lowest BCUT2D eigenvalue weighted by atomic mass is 9.71. The average Bonchev–Trinajstić information content (AvgIpc) is 2.60. The van der Waals surface area contributed by atoms with Gasteiger partial charge in [-0.25, -0.2) is 0 Å². The topological polar surface area (TPSA) is 86.6 Å². The van der Waals surface area contributed by atoms with Gasteiger partial charge in [0.25, 0.3) is 5.91 Å². The van der Waals surface area contributed by atoms with Crippen molar-refractivity contribution in [3.05, 3.63) is 41.2 Å². The van der Waals surface area contributed by atoms with Crippen molar-refractivity contribution in [2.75, 3.05) is 5.32 Å². The summed E-state index contributed by atoms with van der Waals surface area (Å²) in [4.78, 5) is 24.7. The molecule has 0 radical (unpaired) electrons. The SMILES string of the molecule is CC1(C)CC(=O)C(C2(O)C(=O)Nc3ccccc32)=C(O)C1. The molecule has 0 saturated carbocycles. The molecule has 0 saturated heterocycles. The Morgan fingerprint density at radius 2 is 1.81 bits per heavy atom. The fraction of sp³-hybridized carbons (Fsp3) is 0.375. The van der Waals surface area contributed by atoms with Crippen LogP contribution in [0.5, 0.6) is 0 Å². The zero-order valence-electron chi connectivity index (χ0n) is 11.9. The van der Waals surface area contributed by atoms with Crippen molar-refractivity contribution >= 4 is 17.4 Å². The number of rotatable bonds is 1. The van der Waals surface area contributed by atoms with Crippen LogP contribution >= 0.6 is 0 Å². The molecule has 1 aromatic rings. The third-order valence-electron chi connectivity index (χ3n) is 4.11. The summed E-state index contributed by atoms with van der Waals surface area (Å²) in [5.74, 6) is -1.29. The first-order valence-electron chi connectivity index (χ1n) is 6.85. The van der Waals surface area contributed by atoms with Gasteiger partial charge >= 0.3 is 0 Å². The van der Waals surface area contributed by atoms with Crippen LogP contribution in [0, 0.1) is 5.41 Å². The van der Waals surface area contributed by atoms with Crippen LogP contribution in [0.4, 0.5) is 5.69 Å². The molecule has 1 amide bonds. The molecule has 1 heterocycles. The number of carbonyl (C=O) groups excluding carboxylic acids is 2. The van der Waals surface area contributed by atoms with E-state index in [4.69, 9.17) is 0 Å². The van der Waals surface area contributed by atoms with E-state index in [0.29, 0.717) is 11.3 Å². The second kappa shape index (κ2) is 4.18. The highest BCUT2D eigenvalue weighted by atomic mass is 16.3. The highest BCUT2D eigenvalue weighted by Crippen LogP contribution is 2.47. The number of aliphatic hydroxyl groups excluding tert-OH is 1. The van der Waals surface area contributed by atoms with E-state index < -0.39 is 17.3 Å².